The summed E-state index contributed by atoms with van der Waals surface area (Å²) in [5.74, 6) is -0.0230. The first kappa shape index (κ1) is 25.6. The number of carbonyl (C=O) groups is 1. The van der Waals surface area contributed by atoms with Gasteiger partial charge in [-0.1, -0.05) is 31.5 Å². The minimum Gasteiger partial charge on any atom is -0.341 e. The zero-order chi connectivity index (χ0) is 24.6. The highest BCUT2D eigenvalue weighted by Crippen LogP contribution is 2.46. The quantitative estimate of drug-likeness (QED) is 0.448. The Morgan fingerprint density at radius 1 is 1.18 bits per heavy atom. The fourth-order valence-corrected chi connectivity index (χ4v) is 5.54. The first-order valence-electron chi connectivity index (χ1n) is 10.3. The number of carbonyl (C=O) groups excluding carboxylic acids is 1. The van der Waals surface area contributed by atoms with Gasteiger partial charge in [0.25, 0.3) is 5.91 Å². The normalized spacial score (nSPS) is 20.1. The van der Waals surface area contributed by atoms with E-state index in [2.05, 4.69) is 10.6 Å². The third kappa shape index (κ3) is 5.94. The maximum absolute atomic E-state index is 13.5. The van der Waals surface area contributed by atoms with E-state index >= 15 is 0 Å². The van der Waals surface area contributed by atoms with Gasteiger partial charge in [0.2, 0.25) is 0 Å². The molecule has 1 aliphatic heterocycles. The van der Waals surface area contributed by atoms with E-state index in [1.165, 1.54) is 12.1 Å². The van der Waals surface area contributed by atoms with Crippen LogP contribution < -0.4 is 10.6 Å². The van der Waals surface area contributed by atoms with Crippen LogP contribution in [0.1, 0.15) is 43.6 Å². The number of alkyl halides is 3. The van der Waals surface area contributed by atoms with Crippen LogP contribution in [-0.2, 0) is 6.18 Å². The van der Waals surface area contributed by atoms with Crippen molar-refractivity contribution in [3.63, 3.8) is 0 Å². The summed E-state index contributed by atoms with van der Waals surface area (Å²) in [7, 11) is 0. The molecular formula is C23H25ClF3N3OS2. The Hall–Kier alpha value is -1.97. The second kappa shape index (κ2) is 9.72. The number of benzene rings is 2. The van der Waals surface area contributed by atoms with Crippen molar-refractivity contribution in [3.8, 4) is 0 Å². The summed E-state index contributed by atoms with van der Waals surface area (Å²) in [6, 6.07) is 11.5. The summed E-state index contributed by atoms with van der Waals surface area (Å²) in [4.78, 5) is 15.3. The number of hydrogen-bond donors (Lipinski definition) is 2. The molecule has 0 saturated carbocycles. The van der Waals surface area contributed by atoms with Crippen molar-refractivity contribution in [2.24, 2.45) is 5.92 Å². The van der Waals surface area contributed by atoms with Gasteiger partial charge in [-0.3, -0.25) is 4.79 Å². The molecule has 3 rings (SSSR count). The monoisotopic (exact) mass is 515 g/mol. The third-order valence-corrected chi connectivity index (χ3v) is 7.56. The van der Waals surface area contributed by atoms with Crippen LogP contribution in [0.25, 0.3) is 0 Å². The molecule has 2 aromatic carbocycles. The van der Waals surface area contributed by atoms with E-state index < -0.39 is 22.7 Å². The summed E-state index contributed by atoms with van der Waals surface area (Å²) in [6.07, 6.45) is -4.95. The van der Waals surface area contributed by atoms with Crippen molar-refractivity contribution < 1.29 is 18.0 Å². The maximum Gasteiger partial charge on any atom is 0.416 e. The van der Waals surface area contributed by atoms with E-state index in [0.29, 0.717) is 10.6 Å². The van der Waals surface area contributed by atoms with E-state index in [1.807, 2.05) is 27.7 Å². The molecule has 1 fully saturated rings. The molecular weight excluding hydrogens is 491 g/mol. The zero-order valence-corrected chi connectivity index (χ0v) is 20.9. The summed E-state index contributed by atoms with van der Waals surface area (Å²) in [5, 5.41) is 6.53. The van der Waals surface area contributed by atoms with Crippen LogP contribution in [0.4, 0.5) is 18.9 Å². The van der Waals surface area contributed by atoms with Crippen molar-refractivity contribution in [2.45, 2.75) is 50.2 Å². The molecule has 33 heavy (non-hydrogen) atoms. The van der Waals surface area contributed by atoms with Crippen molar-refractivity contribution in [2.75, 3.05) is 5.32 Å². The molecule has 2 aromatic rings. The number of rotatable bonds is 4. The second-order valence-corrected chi connectivity index (χ2v) is 11.3. The smallest absolute Gasteiger partial charge is 0.341 e. The Morgan fingerprint density at radius 3 is 2.39 bits per heavy atom. The Morgan fingerprint density at radius 2 is 1.82 bits per heavy atom. The number of hydrogen-bond acceptors (Lipinski definition) is 3. The lowest BCUT2D eigenvalue weighted by Gasteiger charge is -2.35. The molecule has 1 heterocycles. The average Bonchev–Trinajstić information content (AvgIpc) is 2.98. The standard InChI is InChI=1S/C23H25ClF3N3OS2/c1-13(2)19-30(18(31)14-8-10-16(24)11-9-14)20(22(3,4)33-19)29-21(32)28-17-7-5-6-15(12-17)23(25,26)27/h5-13,19-20H,1-4H3,(H2,28,29,32). The molecule has 0 spiro atoms. The topological polar surface area (TPSA) is 44.4 Å². The first-order valence-corrected chi connectivity index (χ1v) is 12.0. The Labute approximate surface area is 206 Å². The van der Waals surface area contributed by atoms with E-state index in [4.69, 9.17) is 23.8 Å². The Kier molecular flexibility index (Phi) is 7.55. The number of nitrogens with zero attached hydrogens (tertiary/aromatic N) is 1. The number of thiocarbonyl (C=S) groups is 1. The SMILES string of the molecule is CC(C)C1SC(C)(C)C(NC(=S)Nc2cccc(C(F)(F)F)c2)N1C(=O)c1ccc(Cl)cc1. The molecule has 2 atom stereocenters. The van der Waals surface area contributed by atoms with Gasteiger partial charge in [-0.25, -0.2) is 0 Å². The van der Waals surface area contributed by atoms with Crippen molar-refractivity contribution in [1.29, 1.82) is 0 Å². The number of halogens is 4. The fourth-order valence-electron chi connectivity index (χ4n) is 3.65. The molecule has 0 radical (unpaired) electrons. The summed E-state index contributed by atoms with van der Waals surface area (Å²) >= 11 is 13.1. The lowest BCUT2D eigenvalue weighted by molar-refractivity contribution is -0.137. The van der Waals surface area contributed by atoms with E-state index in [1.54, 1.807) is 40.9 Å². The summed E-state index contributed by atoms with van der Waals surface area (Å²) in [5.41, 5.74) is -0.0693. The van der Waals surface area contributed by atoms with E-state index in [0.717, 1.165) is 12.1 Å². The molecule has 1 aliphatic rings. The lowest BCUT2D eigenvalue weighted by Crippen LogP contribution is -2.57. The fraction of sp³-hybridized carbons (Fsp3) is 0.391. The van der Waals surface area contributed by atoms with Crippen LogP contribution >= 0.6 is 35.6 Å². The lowest BCUT2D eigenvalue weighted by atomic mass is 10.1. The van der Waals surface area contributed by atoms with Crippen molar-refractivity contribution in [1.82, 2.24) is 10.2 Å². The van der Waals surface area contributed by atoms with Crippen LogP contribution in [0.3, 0.4) is 0 Å². The van der Waals surface area contributed by atoms with Gasteiger partial charge in [0.1, 0.15) is 6.17 Å². The van der Waals surface area contributed by atoms with E-state index in [-0.39, 0.29) is 28.0 Å². The molecule has 1 saturated heterocycles. The molecule has 178 valence electrons. The van der Waals surface area contributed by atoms with Crippen LogP contribution in [0.5, 0.6) is 0 Å². The number of anilines is 1. The van der Waals surface area contributed by atoms with E-state index in [9.17, 15) is 18.0 Å². The Balaban J connectivity index is 1.86. The molecule has 2 N–H and O–H groups in total. The molecule has 2 unspecified atom stereocenters. The van der Waals surface area contributed by atoms with Crippen molar-refractivity contribution in [3.05, 3.63) is 64.7 Å². The first-order chi connectivity index (χ1) is 15.3. The van der Waals surface area contributed by atoms with Crippen LogP contribution in [0, 0.1) is 5.92 Å². The Bertz CT molecular complexity index is 1030. The zero-order valence-electron chi connectivity index (χ0n) is 18.5. The highest BCUT2D eigenvalue weighted by atomic mass is 35.5. The van der Waals surface area contributed by atoms with Crippen LogP contribution in [0.2, 0.25) is 5.02 Å². The van der Waals surface area contributed by atoms with Gasteiger partial charge in [-0.05, 0) is 74.4 Å². The van der Waals surface area contributed by atoms with Gasteiger partial charge in [-0.2, -0.15) is 13.2 Å². The van der Waals surface area contributed by atoms with Crippen molar-refractivity contribution >= 4 is 52.3 Å². The molecule has 1 amide bonds. The minimum absolute atomic E-state index is 0.128. The average molecular weight is 516 g/mol. The third-order valence-electron chi connectivity index (χ3n) is 5.25. The molecule has 4 nitrogen and oxygen atoms in total. The molecule has 0 aliphatic carbocycles. The molecule has 10 heteroatoms. The number of thioether (sulfide) groups is 1. The largest absolute Gasteiger partial charge is 0.416 e. The van der Waals surface area contributed by atoms with Gasteiger partial charge < -0.3 is 15.5 Å². The maximum atomic E-state index is 13.5. The highest BCUT2D eigenvalue weighted by molar-refractivity contribution is 8.01. The van der Waals surface area contributed by atoms with Crippen LogP contribution in [0.15, 0.2) is 48.5 Å². The van der Waals surface area contributed by atoms with Gasteiger partial charge in [-0.15, -0.1) is 11.8 Å². The highest BCUT2D eigenvalue weighted by Gasteiger charge is 2.51. The van der Waals surface area contributed by atoms with Gasteiger partial charge in [0, 0.05) is 16.3 Å². The molecule has 0 aromatic heterocycles. The molecule has 0 bridgehead atoms. The van der Waals surface area contributed by atoms with Gasteiger partial charge in [0.05, 0.1) is 15.7 Å². The summed E-state index contributed by atoms with van der Waals surface area (Å²) in [6.45, 7) is 8.09. The van der Waals surface area contributed by atoms with Crippen LogP contribution in [-0.4, -0.2) is 32.2 Å². The second-order valence-electron chi connectivity index (χ2n) is 8.65. The van der Waals surface area contributed by atoms with Gasteiger partial charge in [0.15, 0.2) is 5.11 Å². The predicted molar refractivity (Wildman–Crippen MR) is 133 cm³/mol. The number of amides is 1. The minimum atomic E-state index is -4.46. The number of nitrogens with one attached hydrogen (secondary N) is 2. The predicted octanol–water partition coefficient (Wildman–Crippen LogP) is 6.62. The van der Waals surface area contributed by atoms with Gasteiger partial charge >= 0.3 is 6.18 Å². The summed E-state index contributed by atoms with van der Waals surface area (Å²) < 4.78 is 38.7.